The minimum Gasteiger partial charge on any atom is -0.389 e. The van der Waals surface area contributed by atoms with Crippen molar-refractivity contribution in [2.24, 2.45) is 5.92 Å². The van der Waals surface area contributed by atoms with Crippen molar-refractivity contribution in [2.45, 2.75) is 57.5 Å². The summed E-state index contributed by atoms with van der Waals surface area (Å²) < 4.78 is 5.43. The van der Waals surface area contributed by atoms with Crippen LogP contribution in [0.25, 0.3) is 0 Å². The Morgan fingerprint density at radius 1 is 1.35 bits per heavy atom. The van der Waals surface area contributed by atoms with Gasteiger partial charge in [-0.2, -0.15) is 0 Å². The maximum absolute atomic E-state index is 12.8. The third-order valence-electron chi connectivity index (χ3n) is 4.39. The Morgan fingerprint density at radius 3 is 2.70 bits per heavy atom. The van der Waals surface area contributed by atoms with E-state index in [-0.39, 0.29) is 19.1 Å². The Morgan fingerprint density at radius 2 is 2.09 bits per heavy atom. The van der Waals surface area contributed by atoms with Gasteiger partial charge in [-0.15, -0.1) is 11.3 Å². The van der Waals surface area contributed by atoms with Crippen molar-refractivity contribution in [3.8, 4) is 0 Å². The van der Waals surface area contributed by atoms with Crippen molar-refractivity contribution >= 4 is 17.2 Å². The topological polar surface area (TPSA) is 58.6 Å². The van der Waals surface area contributed by atoms with Crippen LogP contribution in [0.1, 0.15) is 50.8 Å². The molecule has 1 unspecified atom stereocenters. The molecule has 1 aliphatic rings. The van der Waals surface area contributed by atoms with Gasteiger partial charge in [0.05, 0.1) is 18.1 Å². The molecule has 1 aromatic heterocycles. The van der Waals surface area contributed by atoms with Crippen molar-refractivity contribution < 1.29 is 14.6 Å². The Labute approximate surface area is 143 Å². The van der Waals surface area contributed by atoms with E-state index in [1.54, 1.807) is 11.3 Å². The predicted molar refractivity (Wildman–Crippen MR) is 93.8 cm³/mol. The molecule has 1 atom stereocenters. The Kier molecular flexibility index (Phi) is 7.06. The fraction of sp³-hybridized carbons (Fsp3) is 0.722. The molecule has 0 spiro atoms. The number of aliphatic hydroxyl groups is 1. The molecule has 4 nitrogen and oxygen atoms in total. The summed E-state index contributed by atoms with van der Waals surface area (Å²) in [6, 6.07) is 4.08. The highest BCUT2D eigenvalue weighted by Crippen LogP contribution is 2.41. The van der Waals surface area contributed by atoms with Crippen LogP contribution in [0.5, 0.6) is 0 Å². The number of carbonyl (C=O) groups is 1. The summed E-state index contributed by atoms with van der Waals surface area (Å²) in [5.74, 6) is 0.503. The highest BCUT2D eigenvalue weighted by Gasteiger charge is 2.41. The molecule has 1 amide bonds. The van der Waals surface area contributed by atoms with E-state index in [2.05, 4.69) is 25.2 Å². The third-order valence-corrected chi connectivity index (χ3v) is 5.47. The molecule has 23 heavy (non-hydrogen) atoms. The highest BCUT2D eigenvalue weighted by molar-refractivity contribution is 7.10. The maximum atomic E-state index is 12.8. The Bertz CT molecular complexity index is 467. The summed E-state index contributed by atoms with van der Waals surface area (Å²) in [5.41, 5.74) is -0.398. The minimum atomic E-state index is -0.651. The molecule has 5 heteroatoms. The van der Waals surface area contributed by atoms with Crippen LogP contribution in [0.3, 0.4) is 0 Å². The standard InChI is InChI=1S/C18H29NO3S/c1-14(2)12-22-13-15(20)11-19-17(21)18(8-4-3-5-9-18)16-7-6-10-23-16/h6-7,10,14-15,20H,3-5,8-9,11-13H2,1-2H3,(H,19,21). The molecule has 1 saturated carbocycles. The van der Waals surface area contributed by atoms with E-state index in [0.717, 1.165) is 30.6 Å². The molecule has 1 aliphatic carbocycles. The van der Waals surface area contributed by atoms with E-state index < -0.39 is 11.5 Å². The first-order valence-corrected chi connectivity index (χ1v) is 9.50. The number of ether oxygens (including phenoxy) is 1. The van der Waals surface area contributed by atoms with Crippen molar-refractivity contribution in [2.75, 3.05) is 19.8 Å². The van der Waals surface area contributed by atoms with E-state index in [4.69, 9.17) is 4.74 Å². The number of carbonyl (C=O) groups excluding carboxylic acids is 1. The lowest BCUT2D eigenvalue weighted by Gasteiger charge is -2.35. The zero-order valence-corrected chi connectivity index (χ0v) is 15.0. The fourth-order valence-electron chi connectivity index (χ4n) is 3.17. The molecular formula is C18H29NO3S. The predicted octanol–water partition coefficient (Wildman–Crippen LogP) is 3.10. The van der Waals surface area contributed by atoms with Crippen LogP contribution >= 0.6 is 11.3 Å². The Balaban J connectivity index is 1.89. The summed E-state index contributed by atoms with van der Waals surface area (Å²) in [6.07, 6.45) is 4.53. The molecule has 0 saturated heterocycles. The van der Waals surface area contributed by atoms with Gasteiger partial charge in [0.25, 0.3) is 0 Å². The molecule has 2 rings (SSSR count). The van der Waals surface area contributed by atoms with Gasteiger partial charge < -0.3 is 15.2 Å². The first-order chi connectivity index (χ1) is 11.0. The number of nitrogens with one attached hydrogen (secondary N) is 1. The van der Waals surface area contributed by atoms with Crippen LogP contribution in [-0.4, -0.2) is 36.9 Å². The number of hydrogen-bond donors (Lipinski definition) is 2. The van der Waals surface area contributed by atoms with Gasteiger partial charge in [0.2, 0.25) is 5.91 Å². The van der Waals surface area contributed by atoms with Gasteiger partial charge in [0, 0.05) is 18.0 Å². The van der Waals surface area contributed by atoms with Gasteiger partial charge in [-0.05, 0) is 30.2 Å². The maximum Gasteiger partial charge on any atom is 0.231 e. The summed E-state index contributed by atoms with van der Waals surface area (Å²) in [5, 5.41) is 15.0. The summed E-state index contributed by atoms with van der Waals surface area (Å²) >= 11 is 1.66. The molecular weight excluding hydrogens is 310 g/mol. The molecule has 1 heterocycles. The SMILES string of the molecule is CC(C)COCC(O)CNC(=O)C1(c2cccs2)CCCCC1. The first-order valence-electron chi connectivity index (χ1n) is 8.62. The Hall–Kier alpha value is -0.910. The quantitative estimate of drug-likeness (QED) is 0.765. The average Bonchev–Trinajstić information content (AvgIpc) is 3.08. The number of amides is 1. The molecule has 1 fully saturated rings. The third kappa shape index (κ3) is 5.03. The normalized spacial score (nSPS) is 18.8. The number of hydrogen-bond acceptors (Lipinski definition) is 4. The molecule has 0 radical (unpaired) electrons. The molecule has 0 aliphatic heterocycles. The van der Waals surface area contributed by atoms with E-state index in [1.165, 1.54) is 6.42 Å². The number of rotatable bonds is 8. The van der Waals surface area contributed by atoms with E-state index in [9.17, 15) is 9.90 Å². The van der Waals surface area contributed by atoms with Gasteiger partial charge in [-0.3, -0.25) is 4.79 Å². The monoisotopic (exact) mass is 339 g/mol. The second-order valence-electron chi connectivity index (χ2n) is 6.92. The summed E-state index contributed by atoms with van der Waals surface area (Å²) in [6.45, 7) is 5.29. The van der Waals surface area contributed by atoms with Crippen LogP contribution in [0.4, 0.5) is 0 Å². The zero-order valence-electron chi connectivity index (χ0n) is 14.2. The van der Waals surface area contributed by atoms with Crippen molar-refractivity contribution in [1.82, 2.24) is 5.32 Å². The van der Waals surface area contributed by atoms with Gasteiger partial charge in [-0.1, -0.05) is 39.2 Å². The highest BCUT2D eigenvalue weighted by atomic mass is 32.1. The van der Waals surface area contributed by atoms with Crippen LogP contribution in [-0.2, 0) is 14.9 Å². The number of thiophene rings is 1. The van der Waals surface area contributed by atoms with E-state index in [0.29, 0.717) is 12.5 Å². The fourth-order valence-corrected chi connectivity index (χ4v) is 4.15. The van der Waals surface area contributed by atoms with E-state index in [1.807, 2.05) is 11.4 Å². The molecule has 130 valence electrons. The second-order valence-corrected chi connectivity index (χ2v) is 7.86. The van der Waals surface area contributed by atoms with Gasteiger partial charge in [0.1, 0.15) is 0 Å². The molecule has 0 bridgehead atoms. The van der Waals surface area contributed by atoms with E-state index >= 15 is 0 Å². The lowest BCUT2D eigenvalue weighted by atomic mass is 9.72. The van der Waals surface area contributed by atoms with Crippen LogP contribution in [0, 0.1) is 5.92 Å². The number of aliphatic hydroxyl groups excluding tert-OH is 1. The second kappa shape index (κ2) is 8.81. The van der Waals surface area contributed by atoms with Crippen molar-refractivity contribution in [3.05, 3.63) is 22.4 Å². The smallest absolute Gasteiger partial charge is 0.231 e. The van der Waals surface area contributed by atoms with Crippen molar-refractivity contribution in [1.29, 1.82) is 0 Å². The molecule has 0 aromatic carbocycles. The minimum absolute atomic E-state index is 0.0579. The van der Waals surface area contributed by atoms with Gasteiger partial charge in [-0.25, -0.2) is 0 Å². The molecule has 2 N–H and O–H groups in total. The van der Waals surface area contributed by atoms with Crippen LogP contribution < -0.4 is 5.32 Å². The first kappa shape index (κ1) is 18.4. The summed E-state index contributed by atoms with van der Waals surface area (Å²) in [4.78, 5) is 14.0. The zero-order chi connectivity index (χ0) is 16.7. The lowest BCUT2D eigenvalue weighted by molar-refractivity contribution is -0.128. The largest absolute Gasteiger partial charge is 0.389 e. The molecule has 1 aromatic rings. The van der Waals surface area contributed by atoms with Gasteiger partial charge in [0.15, 0.2) is 0 Å². The van der Waals surface area contributed by atoms with Crippen LogP contribution in [0.15, 0.2) is 17.5 Å². The van der Waals surface area contributed by atoms with Gasteiger partial charge >= 0.3 is 0 Å². The summed E-state index contributed by atoms with van der Waals surface area (Å²) in [7, 11) is 0. The van der Waals surface area contributed by atoms with Crippen molar-refractivity contribution in [3.63, 3.8) is 0 Å². The lowest BCUT2D eigenvalue weighted by Crippen LogP contribution is -2.47. The average molecular weight is 340 g/mol. The van der Waals surface area contributed by atoms with Crippen LogP contribution in [0.2, 0.25) is 0 Å².